The van der Waals surface area contributed by atoms with Gasteiger partial charge in [0, 0.05) is 16.1 Å². The van der Waals surface area contributed by atoms with Crippen molar-refractivity contribution in [3.05, 3.63) is 99.1 Å². The summed E-state index contributed by atoms with van der Waals surface area (Å²) in [5.41, 5.74) is 3.77. The van der Waals surface area contributed by atoms with Crippen LogP contribution in [0, 0.1) is 13.8 Å². The van der Waals surface area contributed by atoms with Crippen LogP contribution >= 0.6 is 11.6 Å². The standard InChI is InChI=1S/C27H26ClNO3/c1-4-19-6-9-20(10-7-19)25(30)15-27(32)23-14-22(28)11-12-24(23)29(26(27)31)16-21-8-5-17(2)13-18(21)3/h5-14,32H,4,15-16H2,1-3H3. The predicted octanol–water partition coefficient (Wildman–Crippen LogP) is 5.53. The molecule has 1 aliphatic rings. The maximum Gasteiger partial charge on any atom is 0.264 e. The lowest BCUT2D eigenvalue weighted by Crippen LogP contribution is -2.41. The molecular formula is C27H26ClNO3. The number of ketones is 1. The highest BCUT2D eigenvalue weighted by Crippen LogP contribution is 2.45. The van der Waals surface area contributed by atoms with Gasteiger partial charge in [-0.05, 0) is 55.2 Å². The largest absolute Gasteiger partial charge is 0.375 e. The van der Waals surface area contributed by atoms with Gasteiger partial charge in [0.15, 0.2) is 11.4 Å². The lowest BCUT2D eigenvalue weighted by Gasteiger charge is -2.23. The first kappa shape index (κ1) is 22.3. The molecule has 1 aliphatic heterocycles. The zero-order chi connectivity index (χ0) is 23.0. The maximum atomic E-state index is 13.5. The number of fused-ring (bicyclic) bond motifs is 1. The quantitative estimate of drug-likeness (QED) is 0.505. The predicted molar refractivity (Wildman–Crippen MR) is 127 cm³/mol. The van der Waals surface area contributed by atoms with Crippen molar-refractivity contribution in [3.8, 4) is 0 Å². The van der Waals surface area contributed by atoms with Crippen LogP contribution in [-0.2, 0) is 23.4 Å². The minimum absolute atomic E-state index is 0.289. The van der Waals surface area contributed by atoms with Crippen LogP contribution in [0.5, 0.6) is 0 Å². The zero-order valence-electron chi connectivity index (χ0n) is 18.5. The Balaban J connectivity index is 1.69. The fourth-order valence-corrected chi connectivity index (χ4v) is 4.48. The van der Waals surface area contributed by atoms with Crippen molar-refractivity contribution in [2.75, 3.05) is 4.90 Å². The summed E-state index contributed by atoms with van der Waals surface area (Å²) < 4.78 is 0. The van der Waals surface area contributed by atoms with Gasteiger partial charge in [0.25, 0.3) is 5.91 Å². The van der Waals surface area contributed by atoms with E-state index in [1.54, 1.807) is 35.2 Å². The molecule has 0 spiro atoms. The Hall–Kier alpha value is -2.95. The number of benzene rings is 3. The second-order valence-electron chi connectivity index (χ2n) is 8.49. The van der Waals surface area contributed by atoms with Gasteiger partial charge in [0.2, 0.25) is 0 Å². The zero-order valence-corrected chi connectivity index (χ0v) is 19.2. The van der Waals surface area contributed by atoms with Gasteiger partial charge >= 0.3 is 0 Å². The van der Waals surface area contributed by atoms with Crippen LogP contribution in [0.1, 0.15) is 51.5 Å². The SMILES string of the molecule is CCc1ccc(C(=O)CC2(O)C(=O)N(Cc3ccc(C)cc3C)c3ccc(Cl)cc32)cc1. The fourth-order valence-electron chi connectivity index (χ4n) is 4.30. The molecule has 1 heterocycles. The highest BCUT2D eigenvalue weighted by atomic mass is 35.5. The summed E-state index contributed by atoms with van der Waals surface area (Å²) in [4.78, 5) is 28.1. The van der Waals surface area contributed by atoms with Crippen LogP contribution in [0.2, 0.25) is 5.02 Å². The number of anilines is 1. The summed E-state index contributed by atoms with van der Waals surface area (Å²) in [5.74, 6) is -0.795. The van der Waals surface area contributed by atoms with E-state index in [0.29, 0.717) is 28.4 Å². The number of carbonyl (C=O) groups excluding carboxylic acids is 2. The van der Waals surface area contributed by atoms with Gasteiger partial charge in [-0.25, -0.2) is 0 Å². The van der Waals surface area contributed by atoms with Gasteiger partial charge in [0.05, 0.1) is 18.7 Å². The third-order valence-electron chi connectivity index (χ3n) is 6.22. The molecule has 0 saturated heterocycles. The average molecular weight is 448 g/mol. The molecule has 5 heteroatoms. The van der Waals surface area contributed by atoms with E-state index in [1.807, 2.05) is 45.0 Å². The van der Waals surface area contributed by atoms with E-state index in [2.05, 4.69) is 6.07 Å². The van der Waals surface area contributed by atoms with Crippen molar-refractivity contribution in [2.45, 2.75) is 45.8 Å². The molecule has 1 unspecified atom stereocenters. The molecule has 32 heavy (non-hydrogen) atoms. The lowest BCUT2D eigenvalue weighted by molar-refractivity contribution is -0.136. The molecule has 0 aliphatic carbocycles. The Bertz CT molecular complexity index is 1200. The van der Waals surface area contributed by atoms with E-state index in [9.17, 15) is 14.7 Å². The van der Waals surface area contributed by atoms with E-state index in [0.717, 1.165) is 28.7 Å². The summed E-state index contributed by atoms with van der Waals surface area (Å²) >= 11 is 6.21. The third kappa shape index (κ3) is 3.96. The number of aliphatic hydroxyl groups is 1. The van der Waals surface area contributed by atoms with Gasteiger partial charge in [-0.3, -0.25) is 9.59 Å². The minimum atomic E-state index is -1.96. The van der Waals surface area contributed by atoms with Crippen LogP contribution in [0.4, 0.5) is 5.69 Å². The van der Waals surface area contributed by atoms with Gasteiger partial charge in [-0.2, -0.15) is 0 Å². The van der Waals surface area contributed by atoms with E-state index in [1.165, 1.54) is 0 Å². The van der Waals surface area contributed by atoms with E-state index in [-0.39, 0.29) is 12.2 Å². The molecule has 1 N–H and O–H groups in total. The van der Waals surface area contributed by atoms with Gasteiger partial charge < -0.3 is 10.0 Å². The number of hydrogen-bond acceptors (Lipinski definition) is 3. The first-order valence-electron chi connectivity index (χ1n) is 10.8. The van der Waals surface area contributed by atoms with Crippen LogP contribution in [0.25, 0.3) is 0 Å². The van der Waals surface area contributed by atoms with Gasteiger partial charge in [-0.15, -0.1) is 0 Å². The molecular weight excluding hydrogens is 422 g/mol. The van der Waals surface area contributed by atoms with E-state index < -0.39 is 11.5 Å². The summed E-state index contributed by atoms with van der Waals surface area (Å²) in [6, 6.07) is 18.4. The molecule has 1 atom stereocenters. The second kappa shape index (κ2) is 8.53. The number of nitrogens with zero attached hydrogens (tertiary/aromatic N) is 1. The molecule has 164 valence electrons. The molecule has 3 aromatic rings. The number of Topliss-reactive ketones (excluding diaryl/α,β-unsaturated/α-hetero) is 1. The van der Waals surface area contributed by atoms with Crippen LogP contribution in [0.15, 0.2) is 60.7 Å². The van der Waals surface area contributed by atoms with Crippen molar-refractivity contribution >= 4 is 29.0 Å². The number of aryl methyl sites for hydroxylation is 3. The molecule has 4 nitrogen and oxygen atoms in total. The lowest BCUT2D eigenvalue weighted by atomic mass is 9.88. The molecule has 4 rings (SSSR count). The number of halogens is 1. The highest BCUT2D eigenvalue weighted by Gasteiger charge is 2.51. The van der Waals surface area contributed by atoms with Crippen LogP contribution < -0.4 is 4.90 Å². The first-order valence-corrected chi connectivity index (χ1v) is 11.1. The topological polar surface area (TPSA) is 57.6 Å². The Morgan fingerprint density at radius 1 is 1.03 bits per heavy atom. The van der Waals surface area contributed by atoms with Crippen molar-refractivity contribution in [2.24, 2.45) is 0 Å². The molecule has 0 radical (unpaired) electrons. The Labute approximate surface area is 193 Å². The van der Waals surface area contributed by atoms with Crippen LogP contribution in [-0.4, -0.2) is 16.8 Å². The van der Waals surface area contributed by atoms with E-state index in [4.69, 9.17) is 11.6 Å². The number of amides is 1. The minimum Gasteiger partial charge on any atom is -0.375 e. The Morgan fingerprint density at radius 2 is 1.75 bits per heavy atom. The summed E-state index contributed by atoms with van der Waals surface area (Å²) in [5, 5.41) is 12.0. The first-order chi connectivity index (χ1) is 15.2. The van der Waals surface area contributed by atoms with Crippen LogP contribution in [0.3, 0.4) is 0 Å². The van der Waals surface area contributed by atoms with Gasteiger partial charge in [0.1, 0.15) is 0 Å². The molecule has 0 bridgehead atoms. The summed E-state index contributed by atoms with van der Waals surface area (Å²) in [6.45, 7) is 6.37. The monoisotopic (exact) mass is 447 g/mol. The molecule has 0 fully saturated rings. The Morgan fingerprint density at radius 3 is 2.41 bits per heavy atom. The molecule has 1 amide bonds. The highest BCUT2D eigenvalue weighted by molar-refractivity contribution is 6.31. The maximum absolute atomic E-state index is 13.5. The smallest absolute Gasteiger partial charge is 0.264 e. The fraction of sp³-hybridized carbons (Fsp3) is 0.259. The van der Waals surface area contributed by atoms with Gasteiger partial charge in [-0.1, -0.05) is 66.6 Å². The average Bonchev–Trinajstić information content (AvgIpc) is 2.97. The van der Waals surface area contributed by atoms with Crippen molar-refractivity contribution in [1.82, 2.24) is 0 Å². The number of rotatable bonds is 6. The summed E-state index contributed by atoms with van der Waals surface area (Å²) in [6.07, 6.45) is 0.532. The van der Waals surface area contributed by atoms with Crippen molar-refractivity contribution in [3.63, 3.8) is 0 Å². The number of carbonyl (C=O) groups is 2. The summed E-state index contributed by atoms with van der Waals surface area (Å²) in [7, 11) is 0. The molecule has 0 aromatic heterocycles. The van der Waals surface area contributed by atoms with Crippen molar-refractivity contribution in [1.29, 1.82) is 0 Å². The van der Waals surface area contributed by atoms with E-state index >= 15 is 0 Å². The second-order valence-corrected chi connectivity index (χ2v) is 8.93. The molecule has 3 aromatic carbocycles. The molecule has 0 saturated carbocycles. The van der Waals surface area contributed by atoms with Crippen molar-refractivity contribution < 1.29 is 14.7 Å². The third-order valence-corrected chi connectivity index (χ3v) is 6.46. The number of hydrogen-bond donors (Lipinski definition) is 1. The Kier molecular flexibility index (Phi) is 5.93. The normalized spacial score (nSPS) is 17.5.